The molecule has 1 fully saturated rings. The molecule has 1 atom stereocenters. The number of rotatable bonds is 7. The van der Waals surface area contributed by atoms with Crippen LogP contribution in [0.25, 0.3) is 27.8 Å². The van der Waals surface area contributed by atoms with E-state index in [1.807, 2.05) is 29.2 Å². The number of likely N-dealkylation sites (tertiary alicyclic amines) is 1. The van der Waals surface area contributed by atoms with Crippen molar-refractivity contribution in [2.75, 3.05) is 13.1 Å². The van der Waals surface area contributed by atoms with Crippen molar-refractivity contribution in [3.63, 3.8) is 0 Å². The molecule has 6 heteroatoms. The van der Waals surface area contributed by atoms with Crippen LogP contribution >= 0.6 is 0 Å². The lowest BCUT2D eigenvalue weighted by atomic mass is 9.77. The van der Waals surface area contributed by atoms with Crippen molar-refractivity contribution in [2.45, 2.75) is 50.6 Å². The smallest absolute Gasteiger partial charge is 0.138 e. The summed E-state index contributed by atoms with van der Waals surface area (Å²) in [5, 5.41) is 11.8. The van der Waals surface area contributed by atoms with E-state index < -0.39 is 5.54 Å². The van der Waals surface area contributed by atoms with Crippen molar-refractivity contribution in [2.24, 2.45) is 0 Å². The summed E-state index contributed by atoms with van der Waals surface area (Å²) in [4.78, 5) is 6.93. The SMILES string of the molecule is CC(C)(C)N1CCCC(c2ccn(-c3ccc4c(c3)c(-c3ccncc3)nn4C(c3ccccc3)(c3ccccc3)c3ccccc3)n2)C1. The molecule has 244 valence electrons. The summed E-state index contributed by atoms with van der Waals surface area (Å²) >= 11 is 0. The maximum atomic E-state index is 5.56. The van der Waals surface area contributed by atoms with Crippen molar-refractivity contribution in [3.8, 4) is 16.9 Å². The number of fused-ring (bicyclic) bond motifs is 1. The zero-order valence-corrected chi connectivity index (χ0v) is 28.4. The zero-order valence-electron chi connectivity index (χ0n) is 28.4. The number of piperidine rings is 1. The van der Waals surface area contributed by atoms with Gasteiger partial charge in [0.15, 0.2) is 0 Å². The zero-order chi connectivity index (χ0) is 33.4. The second-order valence-corrected chi connectivity index (χ2v) is 14.1. The van der Waals surface area contributed by atoms with Crippen LogP contribution in [0.5, 0.6) is 0 Å². The lowest BCUT2D eigenvalue weighted by Gasteiger charge is -2.41. The van der Waals surface area contributed by atoms with Crippen molar-refractivity contribution < 1.29 is 0 Å². The summed E-state index contributed by atoms with van der Waals surface area (Å²) in [6, 6.07) is 45.2. The first-order valence-electron chi connectivity index (χ1n) is 17.3. The third kappa shape index (κ3) is 5.56. The normalized spacial score (nSPS) is 15.9. The molecule has 0 spiro atoms. The predicted octanol–water partition coefficient (Wildman–Crippen LogP) is 9.10. The fraction of sp³-hybridized carbons (Fsp3) is 0.233. The van der Waals surface area contributed by atoms with Crippen LogP contribution in [0.4, 0.5) is 0 Å². The highest BCUT2D eigenvalue weighted by molar-refractivity contribution is 5.95. The van der Waals surface area contributed by atoms with E-state index in [1.54, 1.807) is 0 Å². The molecular weight excluding hydrogens is 601 g/mol. The Bertz CT molecular complexity index is 2070. The Morgan fingerprint density at radius 1 is 0.673 bits per heavy atom. The molecule has 3 aromatic heterocycles. The summed E-state index contributed by atoms with van der Waals surface area (Å²) in [6.07, 6.45) is 8.16. The Morgan fingerprint density at radius 2 is 1.29 bits per heavy atom. The van der Waals surface area contributed by atoms with Gasteiger partial charge in [-0.3, -0.25) is 9.88 Å². The van der Waals surface area contributed by atoms with Crippen LogP contribution in [0.1, 0.15) is 61.9 Å². The van der Waals surface area contributed by atoms with E-state index in [0.29, 0.717) is 5.92 Å². The summed E-state index contributed by atoms with van der Waals surface area (Å²) in [6.45, 7) is 9.12. The molecule has 6 nitrogen and oxygen atoms in total. The quantitative estimate of drug-likeness (QED) is 0.163. The molecule has 0 amide bonds. The molecule has 1 aliphatic rings. The van der Waals surface area contributed by atoms with E-state index in [9.17, 15) is 0 Å². The minimum absolute atomic E-state index is 0.157. The maximum Gasteiger partial charge on any atom is 0.138 e. The first-order chi connectivity index (χ1) is 23.9. The average molecular weight is 643 g/mol. The second kappa shape index (κ2) is 12.6. The van der Waals surface area contributed by atoms with Gasteiger partial charge in [0.25, 0.3) is 0 Å². The lowest BCUT2D eigenvalue weighted by molar-refractivity contribution is 0.0977. The van der Waals surface area contributed by atoms with Crippen LogP contribution in [0.15, 0.2) is 146 Å². The molecule has 0 bridgehead atoms. The van der Waals surface area contributed by atoms with Gasteiger partial charge in [-0.05, 0) is 93.2 Å². The van der Waals surface area contributed by atoms with Crippen LogP contribution < -0.4 is 0 Å². The fourth-order valence-electron chi connectivity index (χ4n) is 7.66. The van der Waals surface area contributed by atoms with Gasteiger partial charge in [-0.2, -0.15) is 10.2 Å². The largest absolute Gasteiger partial charge is 0.298 e. The van der Waals surface area contributed by atoms with Gasteiger partial charge in [-0.1, -0.05) is 91.0 Å². The average Bonchev–Trinajstić information content (AvgIpc) is 3.80. The Morgan fingerprint density at radius 3 is 1.88 bits per heavy atom. The monoisotopic (exact) mass is 642 g/mol. The van der Waals surface area contributed by atoms with Crippen LogP contribution in [0, 0.1) is 0 Å². The molecule has 0 radical (unpaired) electrons. The van der Waals surface area contributed by atoms with Gasteiger partial charge < -0.3 is 0 Å². The van der Waals surface area contributed by atoms with E-state index in [0.717, 1.165) is 63.3 Å². The van der Waals surface area contributed by atoms with E-state index in [-0.39, 0.29) is 5.54 Å². The molecule has 7 aromatic rings. The van der Waals surface area contributed by atoms with Crippen molar-refractivity contribution in [1.29, 1.82) is 0 Å². The number of nitrogens with zero attached hydrogens (tertiary/aromatic N) is 6. The van der Waals surface area contributed by atoms with Gasteiger partial charge in [0, 0.05) is 47.5 Å². The molecule has 1 saturated heterocycles. The van der Waals surface area contributed by atoms with Gasteiger partial charge in [0.05, 0.1) is 16.9 Å². The molecule has 1 aliphatic heterocycles. The number of benzene rings is 4. The van der Waals surface area contributed by atoms with Gasteiger partial charge in [-0.15, -0.1) is 0 Å². The molecule has 4 aromatic carbocycles. The minimum Gasteiger partial charge on any atom is -0.298 e. The molecule has 1 unspecified atom stereocenters. The Balaban J connectivity index is 1.33. The second-order valence-electron chi connectivity index (χ2n) is 14.1. The fourth-order valence-corrected chi connectivity index (χ4v) is 7.66. The highest BCUT2D eigenvalue weighted by Crippen LogP contribution is 2.44. The molecule has 0 saturated carbocycles. The first-order valence-corrected chi connectivity index (χ1v) is 17.3. The van der Waals surface area contributed by atoms with Crippen LogP contribution in [-0.2, 0) is 5.54 Å². The number of aromatic nitrogens is 5. The van der Waals surface area contributed by atoms with E-state index >= 15 is 0 Å². The molecular formula is C43H42N6. The summed E-state index contributed by atoms with van der Waals surface area (Å²) in [5.41, 5.74) is 7.96. The molecule has 0 aliphatic carbocycles. The number of hydrogen-bond acceptors (Lipinski definition) is 4. The summed E-state index contributed by atoms with van der Waals surface area (Å²) < 4.78 is 4.27. The van der Waals surface area contributed by atoms with Crippen LogP contribution in [0.3, 0.4) is 0 Å². The van der Waals surface area contributed by atoms with Crippen LogP contribution in [-0.4, -0.2) is 48.1 Å². The highest BCUT2D eigenvalue weighted by atomic mass is 15.3. The summed E-state index contributed by atoms with van der Waals surface area (Å²) in [7, 11) is 0. The maximum absolute atomic E-state index is 5.56. The Kier molecular flexibility index (Phi) is 7.97. The van der Waals surface area contributed by atoms with E-state index in [4.69, 9.17) is 10.2 Å². The van der Waals surface area contributed by atoms with Gasteiger partial charge in [0.1, 0.15) is 11.2 Å². The molecule has 0 N–H and O–H groups in total. The third-order valence-corrected chi connectivity index (χ3v) is 10.2. The molecule has 4 heterocycles. The van der Waals surface area contributed by atoms with Gasteiger partial charge >= 0.3 is 0 Å². The molecule has 8 rings (SSSR count). The van der Waals surface area contributed by atoms with Crippen molar-refractivity contribution >= 4 is 10.9 Å². The highest BCUT2D eigenvalue weighted by Gasteiger charge is 2.41. The standard InChI is InChI=1S/C43H42N6/c1-42(2,3)47-28-13-14-33(31-47)39-25-29-48(45-39)37-21-22-40-38(30-37)41(32-23-26-44-27-24-32)46-49(40)43(34-15-7-4-8-16-34,35-17-9-5-10-18-35)36-19-11-6-12-20-36/h4-12,15-27,29-30,33H,13-14,28,31H2,1-3H3. The van der Waals surface area contributed by atoms with Crippen molar-refractivity contribution in [3.05, 3.63) is 168 Å². The minimum atomic E-state index is -0.742. The van der Waals surface area contributed by atoms with Crippen molar-refractivity contribution in [1.82, 2.24) is 29.4 Å². The van der Waals surface area contributed by atoms with Gasteiger partial charge in [0.2, 0.25) is 0 Å². The Labute approximate surface area is 288 Å². The predicted molar refractivity (Wildman–Crippen MR) is 198 cm³/mol. The Hall–Kier alpha value is -5.33. The van der Waals surface area contributed by atoms with E-state index in [1.165, 1.54) is 12.8 Å². The summed E-state index contributed by atoms with van der Waals surface area (Å²) in [5.74, 6) is 0.427. The third-order valence-electron chi connectivity index (χ3n) is 10.2. The van der Waals surface area contributed by atoms with E-state index in [2.05, 4.69) is 157 Å². The number of pyridine rings is 1. The number of hydrogen-bond donors (Lipinski definition) is 0. The topological polar surface area (TPSA) is 51.8 Å². The first kappa shape index (κ1) is 31.0. The lowest BCUT2D eigenvalue weighted by Crippen LogP contribution is -2.46. The van der Waals surface area contributed by atoms with Crippen LogP contribution in [0.2, 0.25) is 0 Å². The van der Waals surface area contributed by atoms with Gasteiger partial charge in [-0.25, -0.2) is 9.36 Å². The molecule has 49 heavy (non-hydrogen) atoms.